The Hall–Kier alpha value is -1.60. The molecule has 0 saturated heterocycles. The molecule has 0 atom stereocenters. The van der Waals surface area contributed by atoms with Gasteiger partial charge in [0.25, 0.3) is 0 Å². The molecule has 22 heavy (non-hydrogen) atoms. The first-order chi connectivity index (χ1) is 10.2. The molecule has 0 aliphatic carbocycles. The van der Waals surface area contributed by atoms with Crippen molar-refractivity contribution in [1.29, 1.82) is 0 Å². The van der Waals surface area contributed by atoms with Crippen molar-refractivity contribution in [3.63, 3.8) is 0 Å². The second kappa shape index (κ2) is 7.60. The highest BCUT2D eigenvalue weighted by Gasteiger charge is 2.12. The van der Waals surface area contributed by atoms with Crippen LogP contribution in [0.15, 0.2) is 64.4 Å². The lowest BCUT2D eigenvalue weighted by molar-refractivity contribution is 0.960. The van der Waals surface area contributed by atoms with Gasteiger partial charge in [0.15, 0.2) is 5.01 Å². The number of nitrogens with two attached hydrogens (primary N) is 1. The van der Waals surface area contributed by atoms with Crippen LogP contribution in [0.25, 0.3) is 10.6 Å². The van der Waals surface area contributed by atoms with Crippen molar-refractivity contribution in [2.45, 2.75) is 9.79 Å². The molecule has 4 nitrogen and oxygen atoms in total. The van der Waals surface area contributed by atoms with Crippen LogP contribution in [0.3, 0.4) is 0 Å². The van der Waals surface area contributed by atoms with Gasteiger partial charge in [0, 0.05) is 22.4 Å². The topological polar surface area (TPSA) is 55.0 Å². The van der Waals surface area contributed by atoms with E-state index < -0.39 is 0 Å². The van der Waals surface area contributed by atoms with Crippen LogP contribution in [0.5, 0.6) is 0 Å². The minimum Gasteiger partial charge on any atom is -0.288 e. The van der Waals surface area contributed by atoms with Gasteiger partial charge in [-0.25, -0.2) is 5.84 Å². The molecule has 0 unspecified atom stereocenters. The van der Waals surface area contributed by atoms with Gasteiger partial charge in [0.05, 0.1) is 0 Å². The molecule has 0 saturated carbocycles. The third-order valence-corrected chi connectivity index (χ3v) is 4.94. The Kier molecular flexibility index (Phi) is 5.79. The van der Waals surface area contributed by atoms with Gasteiger partial charge in [-0.2, -0.15) is 0 Å². The van der Waals surface area contributed by atoms with Crippen molar-refractivity contribution < 1.29 is 0 Å². The van der Waals surface area contributed by atoms with E-state index in [2.05, 4.69) is 34.5 Å². The summed E-state index contributed by atoms with van der Waals surface area (Å²) in [5, 5.41) is 11.4. The van der Waals surface area contributed by atoms with Crippen LogP contribution < -0.4 is 10.9 Å². The smallest absolute Gasteiger partial charge is 0.222 e. The van der Waals surface area contributed by atoms with E-state index >= 15 is 0 Å². The van der Waals surface area contributed by atoms with Crippen molar-refractivity contribution in [2.24, 2.45) is 5.84 Å². The van der Waals surface area contributed by atoms with Crippen molar-refractivity contribution in [2.75, 3.05) is 12.1 Å². The van der Waals surface area contributed by atoms with E-state index in [1.54, 1.807) is 18.8 Å². The molecule has 3 rings (SSSR count). The Morgan fingerprint density at radius 3 is 2.36 bits per heavy atom. The van der Waals surface area contributed by atoms with Crippen LogP contribution in [0.4, 0.5) is 5.13 Å². The van der Waals surface area contributed by atoms with Gasteiger partial charge in [0.1, 0.15) is 0 Å². The van der Waals surface area contributed by atoms with Crippen molar-refractivity contribution in [3.05, 3.63) is 54.6 Å². The fourth-order valence-corrected chi connectivity index (χ4v) is 3.62. The normalized spacial score (nSPS) is 10.1. The van der Waals surface area contributed by atoms with Crippen LogP contribution in [0, 0.1) is 0 Å². The van der Waals surface area contributed by atoms with E-state index in [0.29, 0.717) is 5.13 Å². The van der Waals surface area contributed by atoms with Crippen molar-refractivity contribution >= 4 is 40.6 Å². The van der Waals surface area contributed by atoms with E-state index in [-0.39, 0.29) is 12.4 Å². The number of hydrogen-bond acceptors (Lipinski definition) is 6. The van der Waals surface area contributed by atoms with Crippen molar-refractivity contribution in [3.8, 4) is 10.6 Å². The van der Waals surface area contributed by atoms with E-state index in [0.717, 1.165) is 15.5 Å². The molecule has 114 valence electrons. The summed E-state index contributed by atoms with van der Waals surface area (Å²) in [7, 11) is 1.76. The zero-order valence-corrected chi connectivity index (χ0v) is 14.3. The maximum Gasteiger partial charge on any atom is 0.222 e. The first kappa shape index (κ1) is 16.8. The van der Waals surface area contributed by atoms with Gasteiger partial charge < -0.3 is 0 Å². The van der Waals surface area contributed by atoms with E-state index in [4.69, 9.17) is 5.84 Å². The van der Waals surface area contributed by atoms with Crippen LogP contribution in [0.1, 0.15) is 0 Å². The molecule has 7 heteroatoms. The standard InChI is InChI=1S/C15H14N4S2.ClH/c1-19(16)15-18-17-14(21-15)12-9-5-6-10-13(12)20-11-7-3-2-4-8-11;/h2-10H,16H2,1H3;1H. The molecule has 3 aromatic rings. The summed E-state index contributed by atoms with van der Waals surface area (Å²) >= 11 is 3.20. The van der Waals surface area contributed by atoms with E-state index in [1.165, 1.54) is 21.2 Å². The quantitative estimate of drug-likeness (QED) is 0.567. The summed E-state index contributed by atoms with van der Waals surface area (Å²) in [4.78, 5) is 2.36. The fraction of sp³-hybridized carbons (Fsp3) is 0.0667. The Labute approximate surface area is 143 Å². The highest BCUT2D eigenvalue weighted by atomic mass is 35.5. The second-order valence-corrected chi connectivity index (χ2v) is 6.48. The molecule has 0 aliphatic rings. The van der Waals surface area contributed by atoms with Gasteiger partial charge >= 0.3 is 0 Å². The lowest BCUT2D eigenvalue weighted by Crippen LogP contribution is -2.24. The highest BCUT2D eigenvalue weighted by molar-refractivity contribution is 7.99. The zero-order chi connectivity index (χ0) is 14.7. The van der Waals surface area contributed by atoms with Gasteiger partial charge in [-0.15, -0.1) is 22.6 Å². The maximum atomic E-state index is 5.70. The lowest BCUT2D eigenvalue weighted by Gasteiger charge is -2.06. The van der Waals surface area contributed by atoms with E-state index in [9.17, 15) is 0 Å². The number of benzene rings is 2. The number of anilines is 1. The molecule has 2 N–H and O–H groups in total. The molecule has 0 fully saturated rings. The predicted octanol–water partition coefficient (Wildman–Crippen LogP) is 4.09. The fourth-order valence-electron chi connectivity index (χ4n) is 1.81. The molecular weight excluding hydrogens is 336 g/mol. The second-order valence-electron chi connectivity index (χ2n) is 4.41. The molecule has 0 radical (unpaired) electrons. The average Bonchev–Trinajstić information content (AvgIpc) is 2.99. The van der Waals surface area contributed by atoms with Gasteiger partial charge in [0.2, 0.25) is 5.13 Å². The van der Waals surface area contributed by atoms with Gasteiger partial charge in [-0.05, 0) is 18.2 Å². The number of halogens is 1. The van der Waals surface area contributed by atoms with Crippen LogP contribution in [-0.4, -0.2) is 17.2 Å². The number of hydrazine groups is 1. The highest BCUT2D eigenvalue weighted by Crippen LogP contribution is 2.37. The summed E-state index contributed by atoms with van der Waals surface area (Å²) in [5.74, 6) is 5.70. The summed E-state index contributed by atoms with van der Waals surface area (Å²) < 4.78 is 0. The maximum absolute atomic E-state index is 5.70. The molecule has 1 aromatic heterocycles. The molecule has 2 aromatic carbocycles. The number of nitrogens with zero attached hydrogens (tertiary/aromatic N) is 3. The molecule has 0 bridgehead atoms. The number of hydrogen-bond donors (Lipinski definition) is 1. The van der Waals surface area contributed by atoms with E-state index in [1.807, 2.05) is 30.3 Å². The Bertz CT molecular complexity index is 731. The number of aromatic nitrogens is 2. The molecule has 0 aliphatic heterocycles. The molecular formula is C15H15ClN4S2. The minimum atomic E-state index is 0. The van der Waals surface area contributed by atoms with Crippen LogP contribution in [-0.2, 0) is 0 Å². The monoisotopic (exact) mass is 350 g/mol. The third kappa shape index (κ3) is 3.78. The van der Waals surface area contributed by atoms with Gasteiger partial charge in [-0.1, -0.05) is 59.5 Å². The minimum absolute atomic E-state index is 0. The summed E-state index contributed by atoms with van der Waals surface area (Å²) in [5.41, 5.74) is 1.08. The Morgan fingerprint density at radius 2 is 1.68 bits per heavy atom. The Balaban J connectivity index is 0.00000176. The largest absolute Gasteiger partial charge is 0.288 e. The SMILES string of the molecule is CN(N)c1nnc(-c2ccccc2Sc2ccccc2)s1.Cl. The van der Waals surface area contributed by atoms with Crippen LogP contribution in [0.2, 0.25) is 0 Å². The Morgan fingerprint density at radius 1 is 1.00 bits per heavy atom. The van der Waals surface area contributed by atoms with Crippen LogP contribution >= 0.6 is 35.5 Å². The molecule has 0 spiro atoms. The summed E-state index contributed by atoms with van der Waals surface area (Å²) in [6, 6.07) is 18.5. The average molecular weight is 351 g/mol. The summed E-state index contributed by atoms with van der Waals surface area (Å²) in [6.45, 7) is 0. The zero-order valence-electron chi connectivity index (χ0n) is 11.8. The molecule has 1 heterocycles. The van der Waals surface area contributed by atoms with Crippen molar-refractivity contribution in [1.82, 2.24) is 10.2 Å². The summed E-state index contributed by atoms with van der Waals surface area (Å²) in [6.07, 6.45) is 0. The third-order valence-electron chi connectivity index (χ3n) is 2.80. The lowest BCUT2D eigenvalue weighted by atomic mass is 10.2. The van der Waals surface area contributed by atoms with Gasteiger partial charge in [-0.3, -0.25) is 5.01 Å². The molecule has 0 amide bonds. The first-order valence-electron chi connectivity index (χ1n) is 6.38. The first-order valence-corrected chi connectivity index (χ1v) is 8.01. The predicted molar refractivity (Wildman–Crippen MR) is 95.7 cm³/mol. The number of rotatable bonds is 4.